The van der Waals surface area contributed by atoms with E-state index in [1.807, 2.05) is 12.1 Å². The topological polar surface area (TPSA) is 33.1 Å². The van der Waals surface area contributed by atoms with Gasteiger partial charge in [0.2, 0.25) is 0 Å². The number of aryl methyl sites for hydroxylation is 1. The minimum atomic E-state index is -0.874. The summed E-state index contributed by atoms with van der Waals surface area (Å²) in [5, 5.41) is 11.2. The minimum Gasteiger partial charge on any atom is -0.383 e. The van der Waals surface area contributed by atoms with E-state index >= 15 is 0 Å². The number of nitrogens with zero attached hydrogens (tertiary/aromatic N) is 1. The van der Waals surface area contributed by atoms with Crippen LogP contribution in [-0.2, 0) is 5.60 Å². The van der Waals surface area contributed by atoms with Gasteiger partial charge in [-0.3, -0.25) is 4.98 Å². The Hall–Kier alpha value is -0.840. The van der Waals surface area contributed by atoms with Crippen molar-refractivity contribution in [3.8, 4) is 0 Å². The maximum Gasteiger partial charge on any atom is 0.114 e. The van der Waals surface area contributed by atoms with Gasteiger partial charge in [0.15, 0.2) is 0 Å². The highest BCUT2D eigenvalue weighted by Gasteiger charge is 2.42. The minimum absolute atomic E-state index is 0.241. The maximum atomic E-state index is 11.2. The normalized spacial score (nSPS) is 15.1. The van der Waals surface area contributed by atoms with Gasteiger partial charge in [-0.05, 0) is 24.0 Å². The lowest BCUT2D eigenvalue weighted by atomic mass is 9.77. The molecule has 2 nitrogen and oxygen atoms in total. The van der Waals surface area contributed by atoms with Crippen molar-refractivity contribution in [2.45, 2.75) is 38.2 Å². The second-order valence-corrected chi connectivity index (χ2v) is 7.93. The molecule has 1 unspecified atom stereocenters. The van der Waals surface area contributed by atoms with Gasteiger partial charge in [0, 0.05) is 16.8 Å². The first-order valence-electron chi connectivity index (χ1n) is 6.64. The van der Waals surface area contributed by atoms with Gasteiger partial charge in [-0.1, -0.05) is 39.0 Å². The second kappa shape index (κ2) is 5.88. The highest BCUT2D eigenvalue weighted by molar-refractivity contribution is 7.99. The molecule has 0 spiro atoms. The van der Waals surface area contributed by atoms with E-state index in [4.69, 9.17) is 0 Å². The molecular formula is C16H21NOS2. The van der Waals surface area contributed by atoms with Crippen LogP contribution in [0.25, 0.3) is 0 Å². The van der Waals surface area contributed by atoms with Gasteiger partial charge in [0.05, 0.1) is 10.4 Å². The number of aliphatic hydroxyl groups is 1. The Bertz CT molecular complexity index is 560. The molecule has 1 aromatic heterocycles. The molecule has 4 heteroatoms. The summed E-state index contributed by atoms with van der Waals surface area (Å²) >= 11 is 3.23. The third-order valence-corrected chi connectivity index (χ3v) is 5.87. The molecule has 1 atom stereocenters. The molecule has 2 aromatic rings. The molecule has 0 radical (unpaired) electrons. The smallest absolute Gasteiger partial charge is 0.114 e. The van der Waals surface area contributed by atoms with Gasteiger partial charge in [-0.15, -0.1) is 23.1 Å². The van der Waals surface area contributed by atoms with Gasteiger partial charge in [-0.2, -0.15) is 0 Å². The monoisotopic (exact) mass is 307 g/mol. The largest absolute Gasteiger partial charge is 0.383 e. The van der Waals surface area contributed by atoms with E-state index in [9.17, 15) is 5.11 Å². The zero-order valence-corrected chi connectivity index (χ0v) is 14.0. The first-order valence-corrected chi connectivity index (χ1v) is 8.51. The Morgan fingerprint density at radius 2 is 1.95 bits per heavy atom. The Labute approximate surface area is 129 Å². The first-order chi connectivity index (χ1) is 9.34. The molecular weight excluding hydrogens is 286 g/mol. The van der Waals surface area contributed by atoms with E-state index < -0.39 is 5.60 Å². The third kappa shape index (κ3) is 3.08. The lowest BCUT2D eigenvalue weighted by Gasteiger charge is -2.39. The summed E-state index contributed by atoms with van der Waals surface area (Å²) in [4.78, 5) is 6.28. The van der Waals surface area contributed by atoms with Crippen LogP contribution in [0.5, 0.6) is 0 Å². The molecule has 0 aliphatic heterocycles. The highest BCUT2D eigenvalue weighted by atomic mass is 32.2. The SMILES string of the molecule is Cc1ccccc1SCC(O)(c1cncs1)C(C)(C)C. The van der Waals surface area contributed by atoms with E-state index in [0.717, 1.165) is 4.88 Å². The molecule has 0 saturated carbocycles. The molecule has 20 heavy (non-hydrogen) atoms. The van der Waals surface area contributed by atoms with Crippen molar-refractivity contribution in [2.24, 2.45) is 5.41 Å². The molecule has 0 amide bonds. The van der Waals surface area contributed by atoms with Crippen LogP contribution in [0.15, 0.2) is 40.9 Å². The van der Waals surface area contributed by atoms with E-state index in [2.05, 4.69) is 44.8 Å². The van der Waals surface area contributed by atoms with Crippen molar-refractivity contribution < 1.29 is 5.11 Å². The van der Waals surface area contributed by atoms with Crippen molar-refractivity contribution in [1.29, 1.82) is 0 Å². The van der Waals surface area contributed by atoms with Crippen LogP contribution in [0.2, 0.25) is 0 Å². The Balaban J connectivity index is 2.25. The van der Waals surface area contributed by atoms with Crippen LogP contribution in [0.4, 0.5) is 0 Å². The van der Waals surface area contributed by atoms with E-state index in [0.29, 0.717) is 5.75 Å². The van der Waals surface area contributed by atoms with Gasteiger partial charge in [0.25, 0.3) is 0 Å². The number of thiazole rings is 1. The van der Waals surface area contributed by atoms with Gasteiger partial charge >= 0.3 is 0 Å². The molecule has 1 heterocycles. The summed E-state index contributed by atoms with van der Waals surface area (Å²) in [6.07, 6.45) is 1.79. The molecule has 2 rings (SSSR count). The molecule has 1 N–H and O–H groups in total. The van der Waals surface area contributed by atoms with Crippen LogP contribution < -0.4 is 0 Å². The van der Waals surface area contributed by atoms with Crippen molar-refractivity contribution in [3.05, 3.63) is 46.4 Å². The quantitative estimate of drug-likeness (QED) is 0.846. The molecule has 0 aliphatic carbocycles. The van der Waals surface area contributed by atoms with Crippen LogP contribution in [0.1, 0.15) is 31.2 Å². The number of benzene rings is 1. The lowest BCUT2D eigenvalue weighted by Crippen LogP contribution is -2.41. The predicted octanol–water partition coefficient (Wildman–Crippen LogP) is 4.48. The molecule has 0 fully saturated rings. The number of hydrogen-bond acceptors (Lipinski definition) is 4. The van der Waals surface area contributed by atoms with E-state index in [1.54, 1.807) is 23.5 Å². The summed E-state index contributed by atoms with van der Waals surface area (Å²) < 4.78 is 0. The third-order valence-electron chi connectivity index (χ3n) is 3.61. The number of rotatable bonds is 4. The Kier molecular flexibility index (Phi) is 4.57. The van der Waals surface area contributed by atoms with Crippen molar-refractivity contribution in [2.75, 3.05) is 5.75 Å². The van der Waals surface area contributed by atoms with Crippen molar-refractivity contribution in [1.82, 2.24) is 4.98 Å². The summed E-state index contributed by atoms with van der Waals surface area (Å²) in [7, 11) is 0. The Morgan fingerprint density at radius 1 is 1.25 bits per heavy atom. The average Bonchev–Trinajstić information content (AvgIpc) is 2.90. The fourth-order valence-electron chi connectivity index (χ4n) is 1.98. The van der Waals surface area contributed by atoms with E-state index in [1.165, 1.54) is 21.8 Å². The molecule has 1 aromatic carbocycles. The van der Waals surface area contributed by atoms with Crippen LogP contribution in [-0.4, -0.2) is 15.8 Å². The fourth-order valence-corrected chi connectivity index (χ4v) is 4.42. The Morgan fingerprint density at radius 3 is 2.50 bits per heavy atom. The summed E-state index contributed by atoms with van der Waals surface area (Å²) in [5.74, 6) is 0.629. The average molecular weight is 307 g/mol. The van der Waals surface area contributed by atoms with Crippen LogP contribution in [0.3, 0.4) is 0 Å². The molecule has 0 saturated heterocycles. The van der Waals surface area contributed by atoms with Gasteiger partial charge in [0.1, 0.15) is 5.60 Å². The van der Waals surface area contributed by atoms with E-state index in [-0.39, 0.29) is 5.41 Å². The highest BCUT2D eigenvalue weighted by Crippen LogP contribution is 2.44. The standard InChI is InChI=1S/C16H21NOS2/c1-12-7-5-6-8-13(12)19-10-16(18,15(2,3)4)14-9-17-11-20-14/h5-9,11,18H,10H2,1-4H3. The number of hydrogen-bond donors (Lipinski definition) is 1. The van der Waals surface area contributed by atoms with Crippen molar-refractivity contribution >= 4 is 23.1 Å². The fraction of sp³-hybridized carbons (Fsp3) is 0.438. The molecule has 0 bridgehead atoms. The lowest BCUT2D eigenvalue weighted by molar-refractivity contribution is -0.0392. The predicted molar refractivity (Wildman–Crippen MR) is 87.4 cm³/mol. The number of aromatic nitrogens is 1. The summed E-state index contributed by atoms with van der Waals surface area (Å²) in [6, 6.07) is 8.29. The van der Waals surface area contributed by atoms with Gasteiger partial charge < -0.3 is 5.11 Å². The van der Waals surface area contributed by atoms with Gasteiger partial charge in [-0.25, -0.2) is 0 Å². The molecule has 108 valence electrons. The van der Waals surface area contributed by atoms with Crippen LogP contribution >= 0.6 is 23.1 Å². The zero-order valence-electron chi connectivity index (χ0n) is 12.4. The number of thioether (sulfide) groups is 1. The van der Waals surface area contributed by atoms with Crippen molar-refractivity contribution in [3.63, 3.8) is 0 Å². The maximum absolute atomic E-state index is 11.2. The zero-order chi connectivity index (χ0) is 14.8. The summed E-state index contributed by atoms with van der Waals surface area (Å²) in [6.45, 7) is 8.33. The summed E-state index contributed by atoms with van der Waals surface area (Å²) in [5.41, 5.74) is 1.92. The first kappa shape index (κ1) is 15.5. The van der Waals surface area contributed by atoms with Crippen LogP contribution in [0, 0.1) is 12.3 Å². The molecule has 0 aliphatic rings. The second-order valence-electron chi connectivity index (χ2n) is 6.03.